The van der Waals surface area contributed by atoms with E-state index in [9.17, 15) is 4.79 Å². The van der Waals surface area contributed by atoms with Gasteiger partial charge in [-0.15, -0.1) is 0 Å². The fourth-order valence-corrected chi connectivity index (χ4v) is 3.20. The number of ether oxygens (including phenoxy) is 1. The molecule has 0 spiro atoms. The summed E-state index contributed by atoms with van der Waals surface area (Å²) in [5.74, 6) is 0.692. The lowest BCUT2D eigenvalue weighted by Crippen LogP contribution is -2.31. The Morgan fingerprint density at radius 2 is 2.05 bits per heavy atom. The summed E-state index contributed by atoms with van der Waals surface area (Å²) in [6.45, 7) is 0.479. The molecule has 5 heteroatoms. The molecule has 0 aromatic heterocycles. The fraction of sp³-hybridized carbons (Fsp3) is 0.188. The van der Waals surface area contributed by atoms with E-state index in [1.165, 1.54) is 0 Å². The minimum atomic E-state index is -0.610. The van der Waals surface area contributed by atoms with Gasteiger partial charge < -0.3 is 15.4 Å². The van der Waals surface area contributed by atoms with Crippen molar-refractivity contribution in [3.05, 3.63) is 58.1 Å². The zero-order valence-electron chi connectivity index (χ0n) is 11.5. The smallest absolute Gasteiger partial charge is 0.248 e. The van der Waals surface area contributed by atoms with Crippen LogP contribution in [0.25, 0.3) is 0 Å². The van der Waals surface area contributed by atoms with Gasteiger partial charge in [0.25, 0.3) is 0 Å². The van der Waals surface area contributed by atoms with Gasteiger partial charge in [0.15, 0.2) is 0 Å². The Labute approximate surface area is 131 Å². The van der Waals surface area contributed by atoms with Crippen molar-refractivity contribution in [2.24, 2.45) is 5.73 Å². The number of fused-ring (bicyclic) bond motifs is 1. The molecule has 1 amide bonds. The first-order valence-electron chi connectivity index (χ1n) is 6.60. The number of carbonyl (C=O) groups is 1. The van der Waals surface area contributed by atoms with Crippen molar-refractivity contribution in [3.8, 4) is 5.75 Å². The Morgan fingerprint density at radius 3 is 2.81 bits per heavy atom. The van der Waals surface area contributed by atoms with Gasteiger partial charge in [-0.3, -0.25) is 4.79 Å². The van der Waals surface area contributed by atoms with E-state index in [1.54, 1.807) is 12.0 Å². The Hall–Kier alpha value is -1.85. The van der Waals surface area contributed by atoms with Crippen LogP contribution in [0, 0.1) is 0 Å². The summed E-state index contributed by atoms with van der Waals surface area (Å²) < 4.78 is 6.09. The van der Waals surface area contributed by atoms with Gasteiger partial charge in [0.2, 0.25) is 5.91 Å². The third-order valence-electron chi connectivity index (χ3n) is 3.64. The van der Waals surface area contributed by atoms with Crippen LogP contribution >= 0.6 is 15.9 Å². The molecule has 2 N–H and O–H groups in total. The summed E-state index contributed by atoms with van der Waals surface area (Å²) in [6.07, 6.45) is 0. The molecular formula is C16H15BrN2O2. The van der Waals surface area contributed by atoms with E-state index in [0.29, 0.717) is 6.54 Å². The summed E-state index contributed by atoms with van der Waals surface area (Å²) in [6, 6.07) is 12.8. The molecule has 1 unspecified atom stereocenters. The number of nitrogens with zero attached hydrogens (tertiary/aromatic N) is 1. The third-order valence-corrected chi connectivity index (χ3v) is 4.33. The lowest BCUT2D eigenvalue weighted by atomic mass is 10.1. The van der Waals surface area contributed by atoms with Gasteiger partial charge in [0.1, 0.15) is 11.8 Å². The average molecular weight is 347 g/mol. The number of anilines is 1. The standard InChI is InChI=1S/C16H15BrN2O2/c1-21-11-5-2-4-10(8-11)9-19-13-7-3-6-12(17)14(13)15(18)16(19)20/h2-8,15H,9,18H2,1H3. The van der Waals surface area contributed by atoms with Crippen molar-refractivity contribution in [2.45, 2.75) is 12.6 Å². The van der Waals surface area contributed by atoms with Gasteiger partial charge in [0, 0.05) is 10.0 Å². The first-order valence-corrected chi connectivity index (χ1v) is 7.39. The minimum absolute atomic E-state index is 0.0836. The van der Waals surface area contributed by atoms with Gasteiger partial charge in [-0.2, -0.15) is 0 Å². The lowest BCUT2D eigenvalue weighted by molar-refractivity contribution is -0.119. The van der Waals surface area contributed by atoms with Crippen molar-refractivity contribution in [1.82, 2.24) is 0 Å². The largest absolute Gasteiger partial charge is 0.497 e. The predicted octanol–water partition coefficient (Wildman–Crippen LogP) is 3.00. The van der Waals surface area contributed by atoms with E-state index in [1.807, 2.05) is 42.5 Å². The molecule has 1 atom stereocenters. The van der Waals surface area contributed by atoms with E-state index in [4.69, 9.17) is 10.5 Å². The maximum Gasteiger partial charge on any atom is 0.248 e. The highest BCUT2D eigenvalue weighted by molar-refractivity contribution is 9.10. The van der Waals surface area contributed by atoms with E-state index in [0.717, 1.165) is 27.0 Å². The predicted molar refractivity (Wildman–Crippen MR) is 85.3 cm³/mol. The second-order valence-corrected chi connectivity index (χ2v) is 5.78. The highest BCUT2D eigenvalue weighted by Gasteiger charge is 2.36. The molecule has 1 heterocycles. The van der Waals surface area contributed by atoms with Gasteiger partial charge >= 0.3 is 0 Å². The Balaban J connectivity index is 1.96. The summed E-state index contributed by atoms with van der Waals surface area (Å²) in [5.41, 5.74) is 8.77. The van der Waals surface area contributed by atoms with Crippen molar-refractivity contribution in [2.75, 3.05) is 12.0 Å². The van der Waals surface area contributed by atoms with Crippen LogP contribution in [0.15, 0.2) is 46.9 Å². The number of halogens is 1. The van der Waals surface area contributed by atoms with Crippen molar-refractivity contribution < 1.29 is 9.53 Å². The van der Waals surface area contributed by atoms with Crippen LogP contribution in [-0.2, 0) is 11.3 Å². The van der Waals surface area contributed by atoms with Crippen molar-refractivity contribution in [1.29, 1.82) is 0 Å². The SMILES string of the molecule is COc1cccc(CN2C(=O)C(N)c3c(Br)cccc32)c1. The number of nitrogens with two attached hydrogens (primary N) is 1. The highest BCUT2D eigenvalue weighted by atomic mass is 79.9. The molecule has 1 aliphatic rings. The molecule has 0 fully saturated rings. The third kappa shape index (κ3) is 2.43. The quantitative estimate of drug-likeness (QED) is 0.929. The number of rotatable bonds is 3. The maximum atomic E-state index is 12.4. The molecule has 3 rings (SSSR count). The van der Waals surface area contributed by atoms with Crippen LogP contribution in [0.1, 0.15) is 17.2 Å². The number of hydrogen-bond donors (Lipinski definition) is 1. The van der Waals surface area contributed by atoms with E-state index in [-0.39, 0.29) is 5.91 Å². The molecule has 2 aromatic rings. The first-order chi connectivity index (χ1) is 10.1. The lowest BCUT2D eigenvalue weighted by Gasteiger charge is -2.18. The summed E-state index contributed by atoms with van der Waals surface area (Å²) >= 11 is 3.47. The molecule has 1 aliphatic heterocycles. The molecule has 2 aromatic carbocycles. The normalized spacial score (nSPS) is 17.0. The monoisotopic (exact) mass is 346 g/mol. The number of carbonyl (C=O) groups excluding carboxylic acids is 1. The fourth-order valence-electron chi connectivity index (χ4n) is 2.60. The summed E-state index contributed by atoms with van der Waals surface area (Å²) in [7, 11) is 1.63. The Kier molecular flexibility index (Phi) is 3.69. The van der Waals surface area contributed by atoms with E-state index < -0.39 is 6.04 Å². The second kappa shape index (κ2) is 5.50. The highest BCUT2D eigenvalue weighted by Crippen LogP contribution is 2.40. The first kappa shape index (κ1) is 14.1. The molecule has 0 bridgehead atoms. The van der Waals surface area contributed by atoms with Crippen molar-refractivity contribution in [3.63, 3.8) is 0 Å². The number of hydrogen-bond acceptors (Lipinski definition) is 3. The molecule has 4 nitrogen and oxygen atoms in total. The van der Waals surface area contributed by atoms with Crippen LogP contribution in [0.3, 0.4) is 0 Å². The number of amides is 1. The molecule has 0 saturated carbocycles. The van der Waals surface area contributed by atoms with Crippen LogP contribution in [-0.4, -0.2) is 13.0 Å². The molecule has 21 heavy (non-hydrogen) atoms. The van der Waals surface area contributed by atoms with Crippen LogP contribution in [0.5, 0.6) is 5.75 Å². The molecule has 0 aliphatic carbocycles. The van der Waals surface area contributed by atoms with Gasteiger partial charge in [-0.05, 0) is 29.8 Å². The Bertz CT molecular complexity index is 702. The summed E-state index contributed by atoms with van der Waals surface area (Å²) in [5, 5.41) is 0. The molecular weight excluding hydrogens is 332 g/mol. The minimum Gasteiger partial charge on any atom is -0.497 e. The zero-order chi connectivity index (χ0) is 15.0. The second-order valence-electron chi connectivity index (χ2n) is 4.93. The van der Waals surface area contributed by atoms with Crippen molar-refractivity contribution >= 4 is 27.5 Å². The van der Waals surface area contributed by atoms with Gasteiger partial charge in [0.05, 0.1) is 19.3 Å². The van der Waals surface area contributed by atoms with Crippen LogP contribution < -0.4 is 15.4 Å². The zero-order valence-corrected chi connectivity index (χ0v) is 13.1. The summed E-state index contributed by atoms with van der Waals surface area (Å²) in [4.78, 5) is 14.1. The maximum absolute atomic E-state index is 12.4. The Morgan fingerprint density at radius 1 is 1.29 bits per heavy atom. The average Bonchev–Trinajstić information content (AvgIpc) is 2.74. The molecule has 108 valence electrons. The van der Waals surface area contributed by atoms with Crippen LogP contribution in [0.2, 0.25) is 0 Å². The van der Waals surface area contributed by atoms with Gasteiger partial charge in [-0.1, -0.05) is 34.1 Å². The van der Waals surface area contributed by atoms with E-state index >= 15 is 0 Å². The molecule has 0 radical (unpaired) electrons. The van der Waals surface area contributed by atoms with Crippen LogP contribution in [0.4, 0.5) is 5.69 Å². The number of benzene rings is 2. The molecule has 0 saturated heterocycles. The van der Waals surface area contributed by atoms with Gasteiger partial charge in [-0.25, -0.2) is 0 Å². The number of methoxy groups -OCH3 is 1. The topological polar surface area (TPSA) is 55.6 Å². The van der Waals surface area contributed by atoms with E-state index in [2.05, 4.69) is 15.9 Å².